The molecule has 0 heterocycles. The zero-order chi connectivity index (χ0) is 81.3. The molecule has 0 aliphatic carbocycles. The molecule has 0 aromatic heterocycles. The van der Waals surface area contributed by atoms with Crippen LogP contribution in [-0.2, 0) is 59.8 Å². The van der Waals surface area contributed by atoms with Crippen LogP contribution in [0.4, 0.5) is 39.5 Å². The second kappa shape index (κ2) is 57.8. The van der Waals surface area contributed by atoms with E-state index >= 15 is 0 Å². The maximum absolute atomic E-state index is 12.6. The van der Waals surface area contributed by atoms with E-state index in [-0.39, 0.29) is 40.1 Å². The van der Waals surface area contributed by atoms with Crippen LogP contribution in [0.2, 0.25) is 0 Å². The average Bonchev–Trinajstić information content (AvgIpc) is 0.799. The molecule has 21 heteroatoms. The summed E-state index contributed by atoms with van der Waals surface area (Å²) in [4.78, 5) is 3.76. The van der Waals surface area contributed by atoms with E-state index in [0.717, 1.165) is 68.3 Å². The Kier molecular flexibility index (Phi) is 61.5. The summed E-state index contributed by atoms with van der Waals surface area (Å²) in [6.07, 6.45) is -13.2. The van der Waals surface area contributed by atoms with Crippen LogP contribution in [0.5, 0.6) is 0 Å². The van der Waals surface area contributed by atoms with Crippen LogP contribution >= 0.6 is 23.5 Å². The Morgan fingerprint density at radius 2 is 0.598 bits per heavy atom. The minimum absolute atomic E-state index is 0.0581. The lowest BCUT2D eigenvalue weighted by atomic mass is 10.0. The number of halogens is 9. The van der Waals surface area contributed by atoms with Crippen molar-refractivity contribution < 1.29 is 64.8 Å². The van der Waals surface area contributed by atoms with Crippen molar-refractivity contribution in [3.63, 3.8) is 0 Å². The first-order chi connectivity index (χ1) is 47.6. The summed E-state index contributed by atoms with van der Waals surface area (Å²) < 4.78 is 184. The van der Waals surface area contributed by atoms with Gasteiger partial charge in [-0.25, -0.2) is 16.8 Å². The van der Waals surface area contributed by atoms with E-state index in [1.54, 1.807) is 45.9 Å². The van der Waals surface area contributed by atoms with Gasteiger partial charge in [0.2, 0.25) is 0 Å². The maximum atomic E-state index is 12.6. The molecule has 0 radical (unpaired) electrons. The lowest BCUT2D eigenvalue weighted by Gasteiger charge is -2.15. The summed E-state index contributed by atoms with van der Waals surface area (Å²) >= 11 is 3.39. The van der Waals surface area contributed by atoms with Gasteiger partial charge in [0.15, 0.2) is 19.7 Å². The molecule has 6 aromatic rings. The predicted octanol–water partition coefficient (Wildman–Crippen LogP) is 28.1. The quantitative estimate of drug-likeness (QED) is 0.0619. The molecule has 0 saturated carbocycles. The third-order valence-corrected chi connectivity index (χ3v) is 21.8. The lowest BCUT2D eigenvalue weighted by Crippen LogP contribution is -2.12. The standard InChI is InChI=1S/C12H15F3O2S.C12H15F3OS.C12H15F3S.C11H16O2S.C11H16OS.C11H16S.6C2H6/c1-4-18(16,17)11-7-9(12(13,14)15)5-6-10(11)8(2)3;1-4-17(16)11-7-9(12(13,14)15)5-6-10(11)8(2)3;1-4-16-11-7-9(12(13,14)15)5-6-10(11)8(2)3;1-4-14(12,13)11-8-6-5-7-10(11)9(2)3;1-4-13(12)11-8-6-5-7-10(11)9(2)3;1-4-12-11-8-6-5-7-10(11)9(2)3;6*1-2/h5-8H,4H2,1-3H3;5-8H,4H2,1-3H3;5-8H,4H2,1-3H3;5-9H,4H2,1-3H3;5-9H,4H2,1-3H3;5-9H,4H2,1-3H3;6*1-2H3. The number of hydrogen-bond donors (Lipinski definition) is 0. The number of thioether (sulfide) groups is 2. The number of alkyl halides is 9. The molecule has 6 rings (SSSR count). The molecule has 0 aliphatic rings. The highest BCUT2D eigenvalue weighted by Crippen LogP contribution is 2.38. The predicted molar refractivity (Wildman–Crippen MR) is 428 cm³/mol. The van der Waals surface area contributed by atoms with Crippen LogP contribution in [0, 0.1) is 0 Å². The number of sulfone groups is 2. The first kappa shape index (κ1) is 109. The van der Waals surface area contributed by atoms with Gasteiger partial charge in [-0.3, -0.25) is 8.42 Å². The molecule has 102 heavy (non-hydrogen) atoms. The highest BCUT2D eigenvalue weighted by atomic mass is 32.2. The van der Waals surface area contributed by atoms with E-state index in [4.69, 9.17) is 0 Å². The van der Waals surface area contributed by atoms with Crippen molar-refractivity contribution in [1.82, 2.24) is 0 Å². The van der Waals surface area contributed by atoms with Gasteiger partial charge in [0.25, 0.3) is 0 Å². The van der Waals surface area contributed by atoms with Crippen LogP contribution in [0.25, 0.3) is 0 Å². The monoisotopic (exact) mass is 1560 g/mol. The zero-order valence-electron chi connectivity index (χ0n) is 67.1. The van der Waals surface area contributed by atoms with Gasteiger partial charge in [-0.1, -0.05) is 281 Å². The fourth-order valence-corrected chi connectivity index (χ4v) is 15.3. The molecule has 2 atom stereocenters. The first-order valence-electron chi connectivity index (χ1n) is 36.0. The summed E-state index contributed by atoms with van der Waals surface area (Å²) in [5.74, 6) is 4.39. The molecule has 0 bridgehead atoms. The average molecular weight is 1560 g/mol. The molecule has 588 valence electrons. The van der Waals surface area contributed by atoms with Crippen molar-refractivity contribution in [2.24, 2.45) is 0 Å². The molecule has 0 fully saturated rings. The van der Waals surface area contributed by atoms with Crippen LogP contribution in [0.3, 0.4) is 0 Å². The van der Waals surface area contributed by atoms with Crippen molar-refractivity contribution in [1.29, 1.82) is 0 Å². The maximum Gasteiger partial charge on any atom is 0.416 e. The molecule has 6 nitrogen and oxygen atoms in total. The van der Waals surface area contributed by atoms with Crippen molar-refractivity contribution >= 4 is 64.8 Å². The van der Waals surface area contributed by atoms with Gasteiger partial charge in [0, 0.05) is 31.1 Å². The summed E-state index contributed by atoms with van der Waals surface area (Å²) in [5, 5.41) is 0. The van der Waals surface area contributed by atoms with E-state index in [2.05, 4.69) is 65.0 Å². The van der Waals surface area contributed by atoms with Crippen LogP contribution in [0.15, 0.2) is 157 Å². The van der Waals surface area contributed by atoms with Crippen LogP contribution < -0.4 is 0 Å². The highest BCUT2D eigenvalue weighted by molar-refractivity contribution is 7.99. The second-order valence-electron chi connectivity index (χ2n) is 22.2. The molecule has 0 aliphatic heterocycles. The van der Waals surface area contributed by atoms with Gasteiger partial charge >= 0.3 is 18.5 Å². The fourth-order valence-electron chi connectivity index (χ4n) is 8.58. The summed E-state index contributed by atoms with van der Waals surface area (Å²) in [5.41, 5.74) is 3.50. The SMILES string of the molecule is CC.CC.CC.CC.CC.CC.CCS(=O)(=O)c1cc(C(F)(F)F)ccc1C(C)C.CCS(=O)(=O)c1ccccc1C(C)C.CCS(=O)c1cc(C(F)(F)F)ccc1C(C)C.CCS(=O)c1ccccc1C(C)C.CCSc1cc(C(F)(F)F)ccc1C(C)C.CCSc1ccccc1C(C)C. The van der Waals surface area contributed by atoms with Gasteiger partial charge in [-0.2, -0.15) is 39.5 Å². The first-order valence-corrected chi connectivity index (χ1v) is 43.9. The van der Waals surface area contributed by atoms with Gasteiger partial charge in [0.1, 0.15) is 0 Å². The lowest BCUT2D eigenvalue weighted by molar-refractivity contribution is -0.138. The van der Waals surface area contributed by atoms with Crippen molar-refractivity contribution in [2.75, 3.05) is 34.5 Å². The fraction of sp³-hybridized carbons (Fsp3) is 0.556. The highest BCUT2D eigenvalue weighted by Gasteiger charge is 2.34. The number of rotatable bonds is 18. The van der Waals surface area contributed by atoms with E-state index in [9.17, 15) is 64.8 Å². The number of benzene rings is 6. The van der Waals surface area contributed by atoms with Crippen molar-refractivity contribution in [2.45, 2.75) is 291 Å². The van der Waals surface area contributed by atoms with Gasteiger partial charge in [0.05, 0.1) is 59.6 Å². The van der Waals surface area contributed by atoms with E-state index in [1.807, 2.05) is 181 Å². The topological polar surface area (TPSA) is 102 Å². The third-order valence-electron chi connectivity index (χ3n) is 13.6. The summed E-state index contributed by atoms with van der Waals surface area (Å²) in [6.45, 7) is 58.9. The van der Waals surface area contributed by atoms with Gasteiger partial charge in [-0.15, -0.1) is 23.5 Å². The Bertz CT molecular complexity index is 3430. The normalized spacial score (nSPS) is 11.5. The molecule has 6 aromatic carbocycles. The Labute approximate surface area is 628 Å². The Morgan fingerprint density at radius 1 is 0.324 bits per heavy atom. The molecular formula is C81H129F9O6S6. The Morgan fingerprint density at radius 3 is 0.971 bits per heavy atom. The number of hydrogen-bond acceptors (Lipinski definition) is 8. The van der Waals surface area contributed by atoms with E-state index in [0.29, 0.717) is 38.7 Å². The van der Waals surface area contributed by atoms with Crippen molar-refractivity contribution in [3.8, 4) is 0 Å². The minimum atomic E-state index is -4.53. The molecular weight excluding hydrogens is 1430 g/mol. The molecule has 0 spiro atoms. The molecule has 0 amide bonds. The van der Waals surface area contributed by atoms with Crippen molar-refractivity contribution in [3.05, 3.63) is 177 Å². The summed E-state index contributed by atoms with van der Waals surface area (Å²) in [6, 6.07) is 34.3. The molecule has 0 N–H and O–H groups in total. The van der Waals surface area contributed by atoms with E-state index < -0.39 is 76.5 Å². The minimum Gasteiger partial charge on any atom is -0.254 e. The Hall–Kier alpha value is -4.41. The van der Waals surface area contributed by atoms with Gasteiger partial charge < -0.3 is 0 Å². The zero-order valence-corrected chi connectivity index (χ0v) is 72.0. The largest absolute Gasteiger partial charge is 0.416 e. The van der Waals surface area contributed by atoms with Gasteiger partial charge in [-0.05, 0) is 135 Å². The molecule has 0 saturated heterocycles. The van der Waals surface area contributed by atoms with E-state index in [1.165, 1.54) is 52.9 Å². The second-order valence-corrected chi connectivity index (χ2v) is 32.8. The van der Waals surface area contributed by atoms with Crippen LogP contribution in [0.1, 0.15) is 293 Å². The molecule has 2 unspecified atom stereocenters. The smallest absolute Gasteiger partial charge is 0.254 e. The summed E-state index contributed by atoms with van der Waals surface area (Å²) in [7, 11) is -8.92. The third kappa shape index (κ3) is 40.3. The van der Waals surface area contributed by atoms with Crippen LogP contribution in [-0.4, -0.2) is 59.8 Å². The Balaban J connectivity index is -0.000000264.